The van der Waals surface area contributed by atoms with Crippen molar-refractivity contribution in [1.29, 1.82) is 0 Å². The fourth-order valence-corrected chi connectivity index (χ4v) is 2.45. The number of allylic oxidation sites excluding steroid dienone is 4. The maximum Gasteiger partial charge on any atom is 0.0832 e. The molecule has 17 heavy (non-hydrogen) atoms. The van der Waals surface area contributed by atoms with Crippen molar-refractivity contribution in [3.63, 3.8) is 0 Å². The van der Waals surface area contributed by atoms with E-state index in [0.29, 0.717) is 16.5 Å². The van der Waals surface area contributed by atoms with E-state index in [0.717, 1.165) is 11.1 Å². The van der Waals surface area contributed by atoms with Crippen molar-refractivity contribution in [3.8, 4) is 0 Å². The fraction of sp³-hybridized carbons (Fsp3) is 0.231. The van der Waals surface area contributed by atoms with Crippen LogP contribution in [0.15, 0.2) is 47.0 Å². The number of rotatable bonds is 2. The molecule has 1 aromatic rings. The molecule has 2 atom stereocenters. The lowest BCUT2D eigenvalue weighted by Gasteiger charge is -2.18. The van der Waals surface area contributed by atoms with E-state index in [-0.39, 0.29) is 10.8 Å². The Balaban J connectivity index is 2.21. The lowest BCUT2D eigenvalue weighted by molar-refractivity contribution is 0.975. The van der Waals surface area contributed by atoms with Crippen molar-refractivity contribution in [2.75, 3.05) is 0 Å². The van der Waals surface area contributed by atoms with Crippen LogP contribution in [-0.2, 0) is 0 Å². The fourth-order valence-electron chi connectivity index (χ4n) is 1.66. The van der Waals surface area contributed by atoms with E-state index in [1.54, 1.807) is 0 Å². The topological polar surface area (TPSA) is 0 Å². The lowest BCUT2D eigenvalue weighted by atomic mass is 9.99. The molecule has 0 aliphatic heterocycles. The minimum Gasteiger partial charge on any atom is -0.117 e. The lowest BCUT2D eigenvalue weighted by Crippen LogP contribution is -2.05. The summed E-state index contributed by atoms with van der Waals surface area (Å²) in [6, 6.07) is 7.47. The molecule has 0 bridgehead atoms. The zero-order valence-corrected chi connectivity index (χ0v) is 11.9. The van der Waals surface area contributed by atoms with E-state index in [9.17, 15) is 0 Å². The molecular formula is C13H10Cl4. The third-order valence-corrected chi connectivity index (χ3v) is 4.27. The zero-order valence-electron chi connectivity index (χ0n) is 8.84. The van der Waals surface area contributed by atoms with Crippen molar-refractivity contribution < 1.29 is 0 Å². The summed E-state index contributed by atoms with van der Waals surface area (Å²) in [7, 11) is 0. The van der Waals surface area contributed by atoms with Gasteiger partial charge in [0.05, 0.1) is 10.8 Å². The first kappa shape index (κ1) is 13.3. The molecule has 1 aromatic carbocycles. The first-order valence-corrected chi connectivity index (χ1v) is 6.81. The van der Waals surface area contributed by atoms with Gasteiger partial charge in [0, 0.05) is 10.1 Å². The van der Waals surface area contributed by atoms with Crippen LogP contribution in [0.2, 0.25) is 5.02 Å². The normalized spacial score (nSPS) is 21.8. The molecule has 4 heteroatoms. The van der Waals surface area contributed by atoms with Gasteiger partial charge in [-0.05, 0) is 35.8 Å². The standard InChI is InChI=1S/C13H10Cl4/c14-10-4-1-8(2-5-10)13(17)9-3-6-11(15)12(16)7-9/h1-5,7,11,13H,6H2. The summed E-state index contributed by atoms with van der Waals surface area (Å²) in [5.74, 6) is 0. The van der Waals surface area contributed by atoms with Crippen LogP contribution in [0.4, 0.5) is 0 Å². The van der Waals surface area contributed by atoms with Gasteiger partial charge in [0.15, 0.2) is 0 Å². The van der Waals surface area contributed by atoms with Crippen LogP contribution in [0.5, 0.6) is 0 Å². The van der Waals surface area contributed by atoms with Crippen LogP contribution < -0.4 is 0 Å². The molecule has 0 radical (unpaired) electrons. The van der Waals surface area contributed by atoms with Crippen molar-refractivity contribution in [3.05, 3.63) is 57.6 Å². The van der Waals surface area contributed by atoms with Gasteiger partial charge in [-0.15, -0.1) is 23.2 Å². The number of benzene rings is 1. The molecule has 0 amide bonds. The molecule has 0 fully saturated rings. The van der Waals surface area contributed by atoms with Gasteiger partial charge < -0.3 is 0 Å². The van der Waals surface area contributed by atoms with Gasteiger partial charge in [-0.3, -0.25) is 0 Å². The molecule has 1 aliphatic rings. The molecule has 0 nitrogen and oxygen atoms in total. The molecule has 0 N–H and O–H groups in total. The Kier molecular flexibility index (Phi) is 4.43. The highest BCUT2D eigenvalue weighted by Crippen LogP contribution is 2.36. The molecule has 0 spiro atoms. The summed E-state index contributed by atoms with van der Waals surface area (Å²) in [4.78, 5) is 0. The van der Waals surface area contributed by atoms with E-state index in [2.05, 4.69) is 0 Å². The number of alkyl halides is 2. The summed E-state index contributed by atoms with van der Waals surface area (Å²) in [5.41, 5.74) is 1.98. The summed E-state index contributed by atoms with van der Waals surface area (Å²) >= 11 is 24.3. The highest BCUT2D eigenvalue weighted by molar-refractivity contribution is 6.38. The average Bonchev–Trinajstić information content (AvgIpc) is 2.33. The Hall–Kier alpha value is -0.140. The highest BCUT2D eigenvalue weighted by Gasteiger charge is 2.19. The van der Waals surface area contributed by atoms with Crippen LogP contribution in [0.25, 0.3) is 0 Å². The first-order chi connectivity index (χ1) is 8.08. The number of hydrogen-bond donors (Lipinski definition) is 0. The van der Waals surface area contributed by atoms with Gasteiger partial charge in [0.2, 0.25) is 0 Å². The SMILES string of the molecule is ClC1=CC(C(Cl)c2ccc(Cl)cc2)=CCC1Cl. The second-order valence-electron chi connectivity index (χ2n) is 3.85. The number of hydrogen-bond acceptors (Lipinski definition) is 0. The summed E-state index contributed by atoms with van der Waals surface area (Å²) < 4.78 is 0. The van der Waals surface area contributed by atoms with Gasteiger partial charge in [0.25, 0.3) is 0 Å². The van der Waals surface area contributed by atoms with Gasteiger partial charge in [-0.25, -0.2) is 0 Å². The largest absolute Gasteiger partial charge is 0.117 e. The zero-order chi connectivity index (χ0) is 12.4. The van der Waals surface area contributed by atoms with E-state index in [1.807, 2.05) is 36.4 Å². The smallest absolute Gasteiger partial charge is 0.0832 e. The molecule has 0 saturated heterocycles. The molecule has 0 saturated carbocycles. The third-order valence-electron chi connectivity index (χ3n) is 2.62. The summed E-state index contributed by atoms with van der Waals surface area (Å²) in [6.07, 6.45) is 4.58. The van der Waals surface area contributed by atoms with Gasteiger partial charge in [-0.2, -0.15) is 0 Å². The average molecular weight is 308 g/mol. The predicted molar refractivity (Wildman–Crippen MR) is 76.3 cm³/mol. The van der Waals surface area contributed by atoms with Crippen molar-refractivity contribution in [2.45, 2.75) is 17.2 Å². The molecule has 2 rings (SSSR count). The van der Waals surface area contributed by atoms with E-state index in [1.165, 1.54) is 0 Å². The van der Waals surface area contributed by atoms with Crippen molar-refractivity contribution in [1.82, 2.24) is 0 Å². The van der Waals surface area contributed by atoms with Crippen molar-refractivity contribution in [2.24, 2.45) is 0 Å². The van der Waals surface area contributed by atoms with E-state index < -0.39 is 0 Å². The minimum absolute atomic E-state index is 0.130. The van der Waals surface area contributed by atoms with Gasteiger partial charge in [-0.1, -0.05) is 41.4 Å². The van der Waals surface area contributed by atoms with Crippen LogP contribution in [0, 0.1) is 0 Å². The van der Waals surface area contributed by atoms with E-state index >= 15 is 0 Å². The highest BCUT2D eigenvalue weighted by atomic mass is 35.5. The summed E-state index contributed by atoms with van der Waals surface area (Å²) in [6.45, 7) is 0. The molecule has 2 unspecified atom stereocenters. The maximum absolute atomic E-state index is 6.39. The quantitative estimate of drug-likeness (QED) is 0.617. The molecule has 0 heterocycles. The Morgan fingerprint density at radius 3 is 2.35 bits per heavy atom. The Bertz CT molecular complexity index is 459. The predicted octanol–water partition coefficient (Wildman–Crippen LogP) is 5.68. The Labute approximate surface area is 121 Å². The first-order valence-electron chi connectivity index (χ1n) is 5.18. The van der Waals surface area contributed by atoms with Crippen LogP contribution in [0.1, 0.15) is 17.4 Å². The molecule has 1 aliphatic carbocycles. The minimum atomic E-state index is -0.217. The summed E-state index contributed by atoms with van der Waals surface area (Å²) in [5, 5.41) is 0.994. The maximum atomic E-state index is 6.39. The monoisotopic (exact) mass is 306 g/mol. The second kappa shape index (κ2) is 5.67. The molecule has 90 valence electrons. The Morgan fingerprint density at radius 1 is 1.12 bits per heavy atom. The van der Waals surface area contributed by atoms with Crippen LogP contribution >= 0.6 is 46.4 Å². The number of halogens is 4. The van der Waals surface area contributed by atoms with E-state index in [4.69, 9.17) is 46.4 Å². The second-order valence-corrected chi connectivity index (χ2v) is 5.69. The van der Waals surface area contributed by atoms with Gasteiger partial charge in [0.1, 0.15) is 0 Å². The Morgan fingerprint density at radius 2 is 1.76 bits per heavy atom. The van der Waals surface area contributed by atoms with Gasteiger partial charge >= 0.3 is 0 Å². The van der Waals surface area contributed by atoms with Crippen LogP contribution in [0.3, 0.4) is 0 Å². The van der Waals surface area contributed by atoms with Crippen molar-refractivity contribution >= 4 is 46.4 Å². The molecular weight excluding hydrogens is 298 g/mol. The molecule has 0 aromatic heterocycles. The van der Waals surface area contributed by atoms with Crippen LogP contribution in [-0.4, -0.2) is 5.38 Å². The third kappa shape index (κ3) is 3.20.